The van der Waals surface area contributed by atoms with Gasteiger partial charge in [-0.25, -0.2) is 0 Å². The van der Waals surface area contributed by atoms with Gasteiger partial charge in [0.25, 0.3) is 0 Å². The Morgan fingerprint density at radius 3 is 2.56 bits per heavy atom. The summed E-state index contributed by atoms with van der Waals surface area (Å²) in [5, 5.41) is 14.2. The summed E-state index contributed by atoms with van der Waals surface area (Å²) in [6.45, 7) is 3.98. The molecule has 1 rings (SSSR count). The highest BCUT2D eigenvalue weighted by Gasteiger charge is 2.10. The topological polar surface area (TPSA) is 89.3 Å². The fourth-order valence-corrected chi connectivity index (χ4v) is 2.73. The molecule has 0 fully saturated rings. The molecule has 0 aliphatic carbocycles. The summed E-state index contributed by atoms with van der Waals surface area (Å²) < 4.78 is 0.629. The molecule has 0 spiro atoms. The second kappa shape index (κ2) is 6.72. The van der Waals surface area contributed by atoms with Gasteiger partial charge in [-0.2, -0.15) is 0 Å². The molecule has 1 aromatic rings. The molecule has 0 unspecified atom stereocenters. The van der Waals surface area contributed by atoms with Gasteiger partial charge in [-0.05, 0) is 31.4 Å². The highest BCUT2D eigenvalue weighted by molar-refractivity contribution is 8.21. The summed E-state index contributed by atoms with van der Waals surface area (Å²) in [6.07, 6.45) is 0. The SMILES string of the molecule is Cc1ccc(/C(N)=C(/SN)SCC(=O)O)c(C)c1. The van der Waals surface area contributed by atoms with Crippen LogP contribution in [0.1, 0.15) is 16.7 Å². The summed E-state index contributed by atoms with van der Waals surface area (Å²) in [7, 11) is 0. The van der Waals surface area contributed by atoms with Crippen LogP contribution < -0.4 is 10.9 Å². The molecule has 0 saturated carbocycles. The first kappa shape index (κ1) is 14.9. The minimum absolute atomic E-state index is 0.0505. The summed E-state index contributed by atoms with van der Waals surface area (Å²) in [5.41, 5.74) is 9.69. The average molecular weight is 284 g/mol. The molecule has 0 saturated heterocycles. The first-order chi connectivity index (χ1) is 8.45. The number of carbonyl (C=O) groups is 1. The average Bonchev–Trinajstić information content (AvgIpc) is 2.29. The molecule has 4 nitrogen and oxygen atoms in total. The number of rotatable bonds is 5. The lowest BCUT2D eigenvalue weighted by Crippen LogP contribution is -2.05. The maximum Gasteiger partial charge on any atom is 0.313 e. The molecular weight excluding hydrogens is 268 g/mol. The number of aryl methyl sites for hydroxylation is 2. The van der Waals surface area contributed by atoms with E-state index in [1.807, 2.05) is 32.0 Å². The third-order valence-electron chi connectivity index (χ3n) is 2.33. The molecule has 0 bridgehead atoms. The van der Waals surface area contributed by atoms with Crippen LogP contribution >= 0.6 is 23.7 Å². The van der Waals surface area contributed by atoms with Crippen LogP contribution in [0, 0.1) is 13.8 Å². The van der Waals surface area contributed by atoms with E-state index in [4.69, 9.17) is 16.0 Å². The third-order valence-corrected chi connectivity index (χ3v) is 4.28. The fourth-order valence-electron chi connectivity index (χ4n) is 1.53. The summed E-state index contributed by atoms with van der Waals surface area (Å²) in [6, 6.07) is 5.93. The Kier molecular flexibility index (Phi) is 5.58. The van der Waals surface area contributed by atoms with Gasteiger partial charge in [0.15, 0.2) is 0 Å². The maximum absolute atomic E-state index is 10.6. The number of carboxylic acid groups (broad SMARTS) is 1. The minimum atomic E-state index is -0.889. The van der Waals surface area contributed by atoms with Gasteiger partial charge in [0, 0.05) is 5.56 Å². The van der Waals surface area contributed by atoms with E-state index < -0.39 is 5.97 Å². The molecule has 18 heavy (non-hydrogen) atoms. The highest BCUT2D eigenvalue weighted by atomic mass is 32.2. The smallest absolute Gasteiger partial charge is 0.313 e. The first-order valence-electron chi connectivity index (χ1n) is 5.24. The Labute approximate surface area is 115 Å². The number of hydrogen-bond acceptors (Lipinski definition) is 5. The van der Waals surface area contributed by atoms with Crippen molar-refractivity contribution in [1.29, 1.82) is 0 Å². The van der Waals surface area contributed by atoms with Gasteiger partial charge in [-0.15, -0.1) is 11.8 Å². The Balaban J connectivity index is 3.06. The lowest BCUT2D eigenvalue weighted by Gasteiger charge is -2.11. The van der Waals surface area contributed by atoms with Crippen molar-refractivity contribution >= 4 is 35.4 Å². The normalized spacial score (nSPS) is 12.2. The monoisotopic (exact) mass is 284 g/mol. The predicted octanol–water partition coefficient (Wildman–Crippen LogP) is 2.31. The fraction of sp³-hybridized carbons (Fsp3) is 0.250. The summed E-state index contributed by atoms with van der Waals surface area (Å²) in [5.74, 6) is -0.939. The van der Waals surface area contributed by atoms with Crippen molar-refractivity contribution in [1.82, 2.24) is 0 Å². The van der Waals surface area contributed by atoms with Gasteiger partial charge < -0.3 is 10.8 Å². The first-order valence-corrected chi connectivity index (χ1v) is 7.11. The molecule has 5 N–H and O–H groups in total. The third kappa shape index (κ3) is 3.97. The Morgan fingerprint density at radius 1 is 1.39 bits per heavy atom. The predicted molar refractivity (Wildman–Crippen MR) is 78.9 cm³/mol. The molecule has 1 aromatic carbocycles. The number of benzene rings is 1. The number of thioether (sulfide) groups is 1. The second-order valence-corrected chi connectivity index (χ2v) is 5.71. The quantitative estimate of drug-likeness (QED) is 0.719. The molecular formula is C12H16N2O2S2. The molecule has 0 heterocycles. The second-order valence-electron chi connectivity index (χ2n) is 3.82. The van der Waals surface area contributed by atoms with Gasteiger partial charge in [0.05, 0.1) is 15.7 Å². The van der Waals surface area contributed by atoms with Crippen molar-refractivity contribution in [2.45, 2.75) is 13.8 Å². The van der Waals surface area contributed by atoms with Crippen LogP contribution in [0.15, 0.2) is 22.4 Å². The number of nitrogens with two attached hydrogens (primary N) is 2. The van der Waals surface area contributed by atoms with Crippen LogP contribution in [0.3, 0.4) is 0 Å². The van der Waals surface area contributed by atoms with Crippen molar-refractivity contribution in [3.63, 3.8) is 0 Å². The van der Waals surface area contributed by atoms with Gasteiger partial charge >= 0.3 is 5.97 Å². The zero-order chi connectivity index (χ0) is 13.7. The standard InChI is InChI=1S/C12H16N2O2S2/c1-7-3-4-9(8(2)5-7)11(13)12(18-14)17-6-10(15)16/h3-5H,6,13-14H2,1-2H3,(H,15,16)/b12-11-. The molecule has 0 aliphatic rings. The number of hydrogen-bond donors (Lipinski definition) is 3. The number of aliphatic carboxylic acids is 1. The van der Waals surface area contributed by atoms with Gasteiger partial charge in [0.1, 0.15) is 0 Å². The molecule has 0 radical (unpaired) electrons. The Hall–Kier alpha value is -1.11. The maximum atomic E-state index is 10.6. The van der Waals surface area contributed by atoms with E-state index in [-0.39, 0.29) is 5.75 Å². The van der Waals surface area contributed by atoms with E-state index in [0.29, 0.717) is 9.93 Å². The van der Waals surface area contributed by atoms with Crippen molar-refractivity contribution in [3.05, 3.63) is 39.1 Å². The van der Waals surface area contributed by atoms with E-state index in [2.05, 4.69) is 0 Å². The van der Waals surface area contributed by atoms with Crippen LogP contribution in [-0.4, -0.2) is 16.8 Å². The van der Waals surface area contributed by atoms with Crippen LogP contribution in [0.5, 0.6) is 0 Å². The van der Waals surface area contributed by atoms with Crippen molar-refractivity contribution < 1.29 is 9.90 Å². The van der Waals surface area contributed by atoms with Crippen molar-refractivity contribution in [2.75, 3.05) is 5.75 Å². The molecule has 0 aromatic heterocycles. The molecule has 98 valence electrons. The van der Waals surface area contributed by atoms with E-state index in [1.165, 1.54) is 0 Å². The Bertz CT molecular complexity index is 487. The number of carboxylic acids is 1. The minimum Gasteiger partial charge on any atom is -0.481 e. The van der Waals surface area contributed by atoms with Crippen molar-refractivity contribution in [2.24, 2.45) is 10.9 Å². The molecule has 6 heteroatoms. The lowest BCUT2D eigenvalue weighted by molar-refractivity contribution is -0.133. The molecule has 0 atom stereocenters. The van der Waals surface area contributed by atoms with Crippen LogP contribution in [-0.2, 0) is 4.79 Å². The van der Waals surface area contributed by atoms with Gasteiger partial charge in [0.2, 0.25) is 0 Å². The van der Waals surface area contributed by atoms with E-state index >= 15 is 0 Å². The van der Waals surface area contributed by atoms with Gasteiger partial charge in [-0.1, -0.05) is 23.8 Å². The van der Waals surface area contributed by atoms with Crippen LogP contribution in [0.4, 0.5) is 0 Å². The van der Waals surface area contributed by atoms with E-state index in [9.17, 15) is 4.79 Å². The molecule has 0 amide bonds. The van der Waals surface area contributed by atoms with E-state index in [1.54, 1.807) is 0 Å². The zero-order valence-electron chi connectivity index (χ0n) is 10.3. The van der Waals surface area contributed by atoms with Crippen LogP contribution in [0.2, 0.25) is 0 Å². The van der Waals surface area contributed by atoms with Gasteiger partial charge in [-0.3, -0.25) is 9.93 Å². The summed E-state index contributed by atoms with van der Waals surface area (Å²) in [4.78, 5) is 10.6. The van der Waals surface area contributed by atoms with Crippen LogP contribution in [0.25, 0.3) is 5.70 Å². The zero-order valence-corrected chi connectivity index (χ0v) is 11.9. The van der Waals surface area contributed by atoms with Crippen molar-refractivity contribution in [3.8, 4) is 0 Å². The molecule has 0 aliphatic heterocycles. The highest BCUT2D eigenvalue weighted by Crippen LogP contribution is 2.31. The lowest BCUT2D eigenvalue weighted by atomic mass is 10.0. The summed E-state index contributed by atoms with van der Waals surface area (Å²) >= 11 is 2.12. The van der Waals surface area contributed by atoms with E-state index in [0.717, 1.165) is 40.4 Å². The Morgan fingerprint density at radius 2 is 2.06 bits per heavy atom. The largest absolute Gasteiger partial charge is 0.481 e.